The smallest absolute Gasteiger partial charge is 0.197 e. The summed E-state index contributed by atoms with van der Waals surface area (Å²) < 4.78 is 10.6. The van der Waals surface area contributed by atoms with Gasteiger partial charge in [0.25, 0.3) is 0 Å². The number of carbonyl (C=O) groups excluding carboxylic acids is 1. The molecule has 0 aliphatic heterocycles. The second kappa shape index (κ2) is 6.00. The predicted octanol–water partition coefficient (Wildman–Crippen LogP) is 3.86. The molecule has 0 heterocycles. The van der Waals surface area contributed by atoms with Crippen molar-refractivity contribution in [3.05, 3.63) is 58.1 Å². The van der Waals surface area contributed by atoms with Gasteiger partial charge in [-0.15, -0.1) is 0 Å². The molecule has 110 valence electrons. The molecule has 0 amide bonds. The Morgan fingerprint density at radius 3 is 2.10 bits per heavy atom. The van der Waals surface area contributed by atoms with Gasteiger partial charge in [-0.25, -0.2) is 0 Å². The van der Waals surface area contributed by atoms with Crippen LogP contribution in [0.1, 0.15) is 32.6 Å². The monoisotopic (exact) mass is 284 g/mol. The predicted molar refractivity (Wildman–Crippen MR) is 83.6 cm³/mol. The Kier molecular flexibility index (Phi) is 4.32. The molecule has 0 aromatic heterocycles. The van der Waals surface area contributed by atoms with E-state index in [0.29, 0.717) is 17.1 Å². The third kappa shape index (κ3) is 2.77. The standard InChI is InChI=1S/C18H20O3/c1-11-9-12(2)16(13(3)10-11)17(19)14-7-6-8-15(20-4)18(14)21-5/h6-10H,1-5H3. The first kappa shape index (κ1) is 15.1. The summed E-state index contributed by atoms with van der Waals surface area (Å²) in [7, 11) is 3.11. The van der Waals surface area contributed by atoms with Crippen molar-refractivity contribution in [3.8, 4) is 11.5 Å². The van der Waals surface area contributed by atoms with Gasteiger partial charge in [-0.2, -0.15) is 0 Å². The third-order valence-corrected chi connectivity index (χ3v) is 3.55. The van der Waals surface area contributed by atoms with Gasteiger partial charge >= 0.3 is 0 Å². The third-order valence-electron chi connectivity index (χ3n) is 3.55. The first-order chi connectivity index (χ1) is 9.99. The molecular formula is C18H20O3. The minimum Gasteiger partial charge on any atom is -0.493 e. The van der Waals surface area contributed by atoms with E-state index < -0.39 is 0 Å². The van der Waals surface area contributed by atoms with E-state index in [-0.39, 0.29) is 5.78 Å². The van der Waals surface area contributed by atoms with Crippen LogP contribution in [0.5, 0.6) is 11.5 Å². The number of para-hydroxylation sites is 1. The zero-order valence-electron chi connectivity index (χ0n) is 13.1. The molecule has 0 aliphatic rings. The molecule has 0 saturated carbocycles. The SMILES string of the molecule is COc1cccc(C(=O)c2c(C)cc(C)cc2C)c1OC. The van der Waals surface area contributed by atoms with Gasteiger partial charge in [-0.1, -0.05) is 23.8 Å². The number of ketones is 1. The molecule has 0 unspecified atom stereocenters. The number of ether oxygens (including phenoxy) is 2. The highest BCUT2D eigenvalue weighted by Gasteiger charge is 2.21. The minimum atomic E-state index is -0.0410. The number of hydrogen-bond donors (Lipinski definition) is 0. The molecule has 0 spiro atoms. The van der Waals surface area contributed by atoms with Crippen LogP contribution in [-0.4, -0.2) is 20.0 Å². The number of carbonyl (C=O) groups is 1. The molecule has 3 heteroatoms. The zero-order valence-corrected chi connectivity index (χ0v) is 13.1. The average molecular weight is 284 g/mol. The van der Waals surface area contributed by atoms with Crippen LogP contribution in [0.25, 0.3) is 0 Å². The molecule has 2 rings (SSSR count). The minimum absolute atomic E-state index is 0.0410. The first-order valence-electron chi connectivity index (χ1n) is 6.83. The zero-order chi connectivity index (χ0) is 15.6. The molecule has 0 bridgehead atoms. The van der Waals surface area contributed by atoms with Gasteiger partial charge in [0.2, 0.25) is 0 Å². The quantitative estimate of drug-likeness (QED) is 0.800. The van der Waals surface area contributed by atoms with E-state index in [2.05, 4.69) is 0 Å². The van der Waals surface area contributed by atoms with Gasteiger partial charge in [0, 0.05) is 5.56 Å². The van der Waals surface area contributed by atoms with Crippen molar-refractivity contribution in [2.75, 3.05) is 14.2 Å². The van der Waals surface area contributed by atoms with E-state index >= 15 is 0 Å². The first-order valence-corrected chi connectivity index (χ1v) is 6.83. The Hall–Kier alpha value is -2.29. The van der Waals surface area contributed by atoms with Crippen molar-refractivity contribution in [1.29, 1.82) is 0 Å². The molecular weight excluding hydrogens is 264 g/mol. The summed E-state index contributed by atoms with van der Waals surface area (Å²) in [5.41, 5.74) is 4.35. The normalized spacial score (nSPS) is 10.3. The number of aryl methyl sites for hydroxylation is 3. The van der Waals surface area contributed by atoms with Crippen molar-refractivity contribution >= 4 is 5.78 Å². The fourth-order valence-corrected chi connectivity index (χ4v) is 2.74. The van der Waals surface area contributed by atoms with Crippen LogP contribution in [0, 0.1) is 20.8 Å². The molecule has 3 nitrogen and oxygen atoms in total. The van der Waals surface area contributed by atoms with Crippen molar-refractivity contribution in [1.82, 2.24) is 0 Å². The van der Waals surface area contributed by atoms with Crippen LogP contribution in [0.3, 0.4) is 0 Å². The van der Waals surface area contributed by atoms with Crippen LogP contribution < -0.4 is 9.47 Å². The van der Waals surface area contributed by atoms with E-state index in [4.69, 9.17) is 9.47 Å². The van der Waals surface area contributed by atoms with Gasteiger partial charge in [-0.3, -0.25) is 4.79 Å². The van der Waals surface area contributed by atoms with Gasteiger partial charge in [0.1, 0.15) is 0 Å². The molecule has 0 N–H and O–H groups in total. The van der Waals surface area contributed by atoms with Crippen LogP contribution in [-0.2, 0) is 0 Å². The second-order valence-corrected chi connectivity index (χ2v) is 5.14. The molecule has 2 aromatic carbocycles. The molecule has 0 radical (unpaired) electrons. The Balaban J connectivity index is 2.61. The van der Waals surface area contributed by atoms with Crippen molar-refractivity contribution in [2.45, 2.75) is 20.8 Å². The van der Waals surface area contributed by atoms with E-state index in [1.807, 2.05) is 32.9 Å². The van der Waals surface area contributed by atoms with E-state index in [1.165, 1.54) is 0 Å². The van der Waals surface area contributed by atoms with Gasteiger partial charge in [0.15, 0.2) is 17.3 Å². The maximum Gasteiger partial charge on any atom is 0.197 e. The topological polar surface area (TPSA) is 35.5 Å². The second-order valence-electron chi connectivity index (χ2n) is 5.14. The summed E-state index contributed by atoms with van der Waals surface area (Å²) in [5, 5.41) is 0. The fourth-order valence-electron chi connectivity index (χ4n) is 2.74. The van der Waals surface area contributed by atoms with E-state index in [1.54, 1.807) is 32.4 Å². The number of rotatable bonds is 4. The van der Waals surface area contributed by atoms with Gasteiger partial charge < -0.3 is 9.47 Å². The number of methoxy groups -OCH3 is 2. The Bertz CT molecular complexity index is 664. The van der Waals surface area contributed by atoms with Crippen molar-refractivity contribution in [3.63, 3.8) is 0 Å². The lowest BCUT2D eigenvalue weighted by Gasteiger charge is -2.14. The van der Waals surface area contributed by atoms with Crippen LogP contribution in [0.15, 0.2) is 30.3 Å². The highest BCUT2D eigenvalue weighted by Crippen LogP contribution is 2.33. The van der Waals surface area contributed by atoms with E-state index in [0.717, 1.165) is 22.3 Å². The lowest BCUT2D eigenvalue weighted by molar-refractivity contribution is 0.103. The Labute approximate surface area is 125 Å². The summed E-state index contributed by atoms with van der Waals surface area (Å²) in [5.74, 6) is 0.996. The van der Waals surface area contributed by atoms with Crippen LogP contribution >= 0.6 is 0 Å². The average Bonchev–Trinajstić information content (AvgIpc) is 2.44. The van der Waals surface area contributed by atoms with Crippen molar-refractivity contribution in [2.24, 2.45) is 0 Å². The maximum absolute atomic E-state index is 12.9. The van der Waals surface area contributed by atoms with Gasteiger partial charge in [0.05, 0.1) is 19.8 Å². The van der Waals surface area contributed by atoms with E-state index in [9.17, 15) is 4.79 Å². The molecule has 0 saturated heterocycles. The van der Waals surface area contributed by atoms with Crippen molar-refractivity contribution < 1.29 is 14.3 Å². The molecule has 0 aliphatic carbocycles. The molecule has 2 aromatic rings. The fraction of sp³-hybridized carbons (Fsp3) is 0.278. The van der Waals surface area contributed by atoms with Gasteiger partial charge in [-0.05, 0) is 44.0 Å². The summed E-state index contributed by atoms with van der Waals surface area (Å²) in [6.45, 7) is 5.94. The molecule has 0 fully saturated rings. The summed E-state index contributed by atoms with van der Waals surface area (Å²) in [4.78, 5) is 12.9. The largest absolute Gasteiger partial charge is 0.493 e. The van der Waals surface area contributed by atoms with Crippen LogP contribution in [0.2, 0.25) is 0 Å². The Morgan fingerprint density at radius 2 is 1.57 bits per heavy atom. The molecule has 21 heavy (non-hydrogen) atoms. The lowest BCUT2D eigenvalue weighted by Crippen LogP contribution is -2.09. The summed E-state index contributed by atoms with van der Waals surface area (Å²) in [6, 6.07) is 9.39. The van der Waals surface area contributed by atoms with Crippen LogP contribution in [0.4, 0.5) is 0 Å². The highest BCUT2D eigenvalue weighted by molar-refractivity contribution is 6.12. The maximum atomic E-state index is 12.9. The summed E-state index contributed by atoms with van der Waals surface area (Å²) >= 11 is 0. The lowest BCUT2D eigenvalue weighted by atomic mass is 9.92. The number of hydrogen-bond acceptors (Lipinski definition) is 3. The number of benzene rings is 2. The summed E-state index contributed by atoms with van der Waals surface area (Å²) in [6.07, 6.45) is 0. The highest BCUT2D eigenvalue weighted by atomic mass is 16.5. The molecule has 0 atom stereocenters. The Morgan fingerprint density at radius 1 is 0.952 bits per heavy atom.